The number of hydrogen-bond donors (Lipinski definition) is 1. The van der Waals surface area contributed by atoms with Crippen molar-refractivity contribution in [1.29, 1.82) is 0 Å². The molecular formula is C12H18BrN. The summed E-state index contributed by atoms with van der Waals surface area (Å²) in [5.74, 6) is 1.20. The molecule has 14 heavy (non-hydrogen) atoms. The molecule has 0 bridgehead atoms. The molecule has 78 valence electrons. The van der Waals surface area contributed by atoms with E-state index in [9.17, 15) is 0 Å². The summed E-state index contributed by atoms with van der Waals surface area (Å²) >= 11 is 3.44. The van der Waals surface area contributed by atoms with E-state index >= 15 is 0 Å². The summed E-state index contributed by atoms with van der Waals surface area (Å²) in [6.07, 6.45) is 1.16. The fraction of sp³-hybridized carbons (Fsp3) is 0.500. The van der Waals surface area contributed by atoms with Crippen LogP contribution in [0.15, 0.2) is 28.7 Å². The average Bonchev–Trinajstić information content (AvgIpc) is 2.15. The van der Waals surface area contributed by atoms with Crippen molar-refractivity contribution in [1.82, 2.24) is 0 Å². The van der Waals surface area contributed by atoms with Crippen molar-refractivity contribution in [3.05, 3.63) is 34.3 Å². The van der Waals surface area contributed by atoms with Crippen molar-refractivity contribution in [2.24, 2.45) is 11.7 Å². The molecule has 0 aliphatic heterocycles. The van der Waals surface area contributed by atoms with Crippen LogP contribution in [0, 0.1) is 5.92 Å². The molecule has 1 rings (SSSR count). The third-order valence-electron chi connectivity index (χ3n) is 2.38. The maximum atomic E-state index is 5.78. The minimum atomic E-state index is 0.503. The average molecular weight is 256 g/mol. The van der Waals surface area contributed by atoms with Crippen LogP contribution in [0.1, 0.15) is 31.7 Å². The lowest BCUT2D eigenvalue weighted by Gasteiger charge is -2.17. The lowest BCUT2D eigenvalue weighted by Crippen LogP contribution is -2.14. The van der Waals surface area contributed by atoms with Crippen LogP contribution in [0.2, 0.25) is 0 Å². The highest BCUT2D eigenvalue weighted by Crippen LogP contribution is 2.24. The Hall–Kier alpha value is -0.340. The molecule has 2 heteroatoms. The number of hydrogen-bond acceptors (Lipinski definition) is 1. The summed E-state index contributed by atoms with van der Waals surface area (Å²) in [6.45, 7) is 5.21. The highest BCUT2D eigenvalue weighted by atomic mass is 79.9. The molecule has 0 heterocycles. The number of rotatable bonds is 4. The molecule has 0 radical (unpaired) electrons. The first-order valence-electron chi connectivity index (χ1n) is 5.09. The van der Waals surface area contributed by atoms with Gasteiger partial charge in [0.2, 0.25) is 0 Å². The first-order chi connectivity index (χ1) is 6.63. The van der Waals surface area contributed by atoms with Crippen LogP contribution < -0.4 is 5.73 Å². The van der Waals surface area contributed by atoms with Crippen LogP contribution in [0.4, 0.5) is 0 Å². The molecule has 1 unspecified atom stereocenters. The predicted molar refractivity (Wildman–Crippen MR) is 65.4 cm³/mol. The van der Waals surface area contributed by atoms with Crippen LogP contribution >= 0.6 is 15.9 Å². The number of halogens is 1. The summed E-state index contributed by atoms with van der Waals surface area (Å²) in [4.78, 5) is 0. The standard InChI is InChI=1S/C12H18BrN/c1-9(2)7-11(8-14)10-3-5-12(13)6-4-10/h3-6,9,11H,7-8,14H2,1-2H3. The van der Waals surface area contributed by atoms with E-state index in [1.165, 1.54) is 5.56 Å². The summed E-state index contributed by atoms with van der Waals surface area (Å²) in [5.41, 5.74) is 7.13. The number of nitrogens with two attached hydrogens (primary N) is 1. The molecule has 0 fully saturated rings. The van der Waals surface area contributed by atoms with Gasteiger partial charge in [0.1, 0.15) is 0 Å². The molecule has 0 aromatic heterocycles. The molecule has 1 aromatic rings. The van der Waals surface area contributed by atoms with Crippen molar-refractivity contribution in [2.75, 3.05) is 6.54 Å². The first kappa shape index (κ1) is 11.7. The normalized spacial score (nSPS) is 13.2. The van der Waals surface area contributed by atoms with Gasteiger partial charge in [-0.3, -0.25) is 0 Å². The van der Waals surface area contributed by atoms with Crippen LogP contribution in [0.5, 0.6) is 0 Å². The molecule has 1 atom stereocenters. The van der Waals surface area contributed by atoms with Crippen molar-refractivity contribution in [3.8, 4) is 0 Å². The lowest BCUT2D eigenvalue weighted by atomic mass is 9.90. The van der Waals surface area contributed by atoms with Gasteiger partial charge >= 0.3 is 0 Å². The van der Waals surface area contributed by atoms with Gasteiger partial charge in [0.25, 0.3) is 0 Å². The van der Waals surface area contributed by atoms with E-state index in [0.717, 1.165) is 17.4 Å². The van der Waals surface area contributed by atoms with Gasteiger partial charge in [0, 0.05) is 4.47 Å². The summed E-state index contributed by atoms with van der Waals surface area (Å²) in [7, 11) is 0. The SMILES string of the molecule is CC(C)CC(CN)c1ccc(Br)cc1. The Balaban J connectivity index is 2.73. The fourth-order valence-electron chi connectivity index (χ4n) is 1.67. The van der Waals surface area contributed by atoms with E-state index in [2.05, 4.69) is 54.0 Å². The minimum Gasteiger partial charge on any atom is -0.330 e. The molecule has 0 aliphatic carbocycles. The fourth-order valence-corrected chi connectivity index (χ4v) is 1.94. The van der Waals surface area contributed by atoms with Crippen LogP contribution in [-0.2, 0) is 0 Å². The minimum absolute atomic E-state index is 0.503. The second-order valence-corrected chi connectivity index (χ2v) is 5.03. The van der Waals surface area contributed by atoms with Gasteiger partial charge < -0.3 is 5.73 Å². The Morgan fingerprint density at radius 2 is 1.79 bits per heavy atom. The van der Waals surface area contributed by atoms with E-state index < -0.39 is 0 Å². The molecular weight excluding hydrogens is 238 g/mol. The van der Waals surface area contributed by atoms with Crippen LogP contribution in [0.3, 0.4) is 0 Å². The molecule has 0 amide bonds. The predicted octanol–water partition coefficient (Wildman–Crippen LogP) is 3.54. The Morgan fingerprint density at radius 3 is 2.21 bits per heavy atom. The summed E-state index contributed by atoms with van der Waals surface area (Å²) < 4.78 is 1.13. The van der Waals surface area contributed by atoms with Gasteiger partial charge in [-0.05, 0) is 42.5 Å². The van der Waals surface area contributed by atoms with Gasteiger partial charge in [0.15, 0.2) is 0 Å². The van der Waals surface area contributed by atoms with E-state index in [1.807, 2.05) is 0 Å². The van der Waals surface area contributed by atoms with Gasteiger partial charge in [-0.25, -0.2) is 0 Å². The molecule has 1 nitrogen and oxygen atoms in total. The van der Waals surface area contributed by atoms with E-state index in [4.69, 9.17) is 5.73 Å². The maximum Gasteiger partial charge on any atom is 0.0175 e. The zero-order valence-electron chi connectivity index (χ0n) is 8.83. The molecule has 2 N–H and O–H groups in total. The zero-order valence-corrected chi connectivity index (χ0v) is 10.4. The van der Waals surface area contributed by atoms with Crippen molar-refractivity contribution < 1.29 is 0 Å². The molecule has 1 aromatic carbocycles. The smallest absolute Gasteiger partial charge is 0.0175 e. The first-order valence-corrected chi connectivity index (χ1v) is 5.88. The number of benzene rings is 1. The van der Waals surface area contributed by atoms with Gasteiger partial charge in [-0.2, -0.15) is 0 Å². The molecule has 0 aliphatic rings. The largest absolute Gasteiger partial charge is 0.330 e. The lowest BCUT2D eigenvalue weighted by molar-refractivity contribution is 0.504. The molecule has 0 saturated carbocycles. The van der Waals surface area contributed by atoms with E-state index in [0.29, 0.717) is 11.8 Å². The molecule has 0 saturated heterocycles. The Kier molecular flexibility index (Phi) is 4.63. The zero-order chi connectivity index (χ0) is 10.6. The Morgan fingerprint density at radius 1 is 1.21 bits per heavy atom. The van der Waals surface area contributed by atoms with E-state index in [-0.39, 0.29) is 0 Å². The highest BCUT2D eigenvalue weighted by Gasteiger charge is 2.10. The maximum absolute atomic E-state index is 5.78. The van der Waals surface area contributed by atoms with Crippen molar-refractivity contribution in [2.45, 2.75) is 26.2 Å². The Labute approximate surface area is 94.8 Å². The third-order valence-corrected chi connectivity index (χ3v) is 2.91. The Bertz CT molecular complexity index is 266. The summed E-state index contributed by atoms with van der Waals surface area (Å²) in [5, 5.41) is 0. The highest BCUT2D eigenvalue weighted by molar-refractivity contribution is 9.10. The molecule has 0 spiro atoms. The quantitative estimate of drug-likeness (QED) is 0.876. The van der Waals surface area contributed by atoms with Crippen LogP contribution in [0.25, 0.3) is 0 Å². The summed E-state index contributed by atoms with van der Waals surface area (Å²) in [6, 6.07) is 8.48. The monoisotopic (exact) mass is 255 g/mol. The van der Waals surface area contributed by atoms with E-state index in [1.54, 1.807) is 0 Å². The van der Waals surface area contributed by atoms with Gasteiger partial charge in [-0.1, -0.05) is 41.9 Å². The second kappa shape index (κ2) is 5.52. The van der Waals surface area contributed by atoms with Gasteiger partial charge in [-0.15, -0.1) is 0 Å². The van der Waals surface area contributed by atoms with Crippen LogP contribution in [-0.4, -0.2) is 6.54 Å². The topological polar surface area (TPSA) is 26.0 Å². The van der Waals surface area contributed by atoms with Crippen molar-refractivity contribution in [3.63, 3.8) is 0 Å². The third kappa shape index (κ3) is 3.43. The van der Waals surface area contributed by atoms with Gasteiger partial charge in [0.05, 0.1) is 0 Å². The second-order valence-electron chi connectivity index (χ2n) is 4.11. The van der Waals surface area contributed by atoms with Crippen molar-refractivity contribution >= 4 is 15.9 Å².